The number of hydrogen-bond donors (Lipinski definition) is 1. The minimum absolute atomic E-state index is 0.0283. The van der Waals surface area contributed by atoms with Gasteiger partial charge in [-0.1, -0.05) is 11.6 Å². The van der Waals surface area contributed by atoms with Crippen LogP contribution >= 0.6 is 11.6 Å². The summed E-state index contributed by atoms with van der Waals surface area (Å²) < 4.78 is 19.0. The van der Waals surface area contributed by atoms with E-state index in [9.17, 15) is 4.39 Å². The van der Waals surface area contributed by atoms with Crippen molar-refractivity contribution in [2.75, 3.05) is 5.73 Å². The summed E-state index contributed by atoms with van der Waals surface area (Å²) in [7, 11) is 0. The Morgan fingerprint density at radius 3 is 2.68 bits per heavy atom. The topological polar surface area (TPSA) is 59.0 Å². The first-order chi connectivity index (χ1) is 9.01. The van der Waals surface area contributed by atoms with Crippen LogP contribution in [0.5, 0.6) is 11.5 Å². The molecule has 0 radical (unpaired) electrons. The maximum atomic E-state index is 13.4. The standard InChI is InChI=1S/C14H10ClFN2O/c1-8-4-13(18)11(15)6-14(8)19-10-3-2-9(7-17)12(16)5-10/h2-6H,18H2,1H3. The second kappa shape index (κ2) is 5.17. The number of rotatable bonds is 2. The Labute approximate surface area is 115 Å². The number of halogens is 2. The van der Waals surface area contributed by atoms with Gasteiger partial charge in [0.2, 0.25) is 0 Å². The van der Waals surface area contributed by atoms with E-state index < -0.39 is 5.82 Å². The van der Waals surface area contributed by atoms with Gasteiger partial charge in [-0.2, -0.15) is 5.26 Å². The lowest BCUT2D eigenvalue weighted by Gasteiger charge is -2.10. The van der Waals surface area contributed by atoms with Crippen LogP contribution < -0.4 is 10.5 Å². The first-order valence-electron chi connectivity index (χ1n) is 5.44. The minimum Gasteiger partial charge on any atom is -0.457 e. The molecule has 0 saturated heterocycles. The summed E-state index contributed by atoms with van der Waals surface area (Å²) in [6.07, 6.45) is 0. The molecule has 0 unspecified atom stereocenters. The maximum Gasteiger partial charge on any atom is 0.144 e. The molecule has 3 nitrogen and oxygen atoms in total. The van der Waals surface area contributed by atoms with Gasteiger partial charge in [-0.25, -0.2) is 4.39 Å². The van der Waals surface area contributed by atoms with Crippen LogP contribution in [0.4, 0.5) is 10.1 Å². The summed E-state index contributed by atoms with van der Waals surface area (Å²) in [5.74, 6) is 0.156. The van der Waals surface area contributed by atoms with Gasteiger partial charge in [-0.15, -0.1) is 0 Å². The predicted molar refractivity (Wildman–Crippen MR) is 71.8 cm³/mol. The lowest BCUT2D eigenvalue weighted by molar-refractivity contribution is 0.473. The van der Waals surface area contributed by atoms with Crippen molar-refractivity contribution in [3.63, 3.8) is 0 Å². The molecule has 0 fully saturated rings. The Hall–Kier alpha value is -2.25. The van der Waals surface area contributed by atoms with E-state index in [1.807, 2.05) is 6.92 Å². The quantitative estimate of drug-likeness (QED) is 0.842. The first kappa shape index (κ1) is 13.2. The van der Waals surface area contributed by atoms with Gasteiger partial charge in [-0.05, 0) is 30.7 Å². The summed E-state index contributed by atoms with van der Waals surface area (Å²) in [4.78, 5) is 0. The fraction of sp³-hybridized carbons (Fsp3) is 0.0714. The smallest absolute Gasteiger partial charge is 0.144 e. The molecule has 0 aliphatic rings. The van der Waals surface area contributed by atoms with Gasteiger partial charge < -0.3 is 10.5 Å². The van der Waals surface area contributed by atoms with Crippen molar-refractivity contribution in [2.45, 2.75) is 6.92 Å². The molecule has 5 heteroatoms. The van der Waals surface area contributed by atoms with Crippen LogP contribution in [0, 0.1) is 24.1 Å². The van der Waals surface area contributed by atoms with Crippen LogP contribution in [0.3, 0.4) is 0 Å². The zero-order valence-electron chi connectivity index (χ0n) is 10.1. The molecule has 0 saturated carbocycles. The van der Waals surface area contributed by atoms with Crippen molar-refractivity contribution in [2.24, 2.45) is 0 Å². The molecule has 2 rings (SSSR count). The van der Waals surface area contributed by atoms with Crippen molar-refractivity contribution in [1.82, 2.24) is 0 Å². The van der Waals surface area contributed by atoms with E-state index in [0.717, 1.165) is 11.6 Å². The summed E-state index contributed by atoms with van der Waals surface area (Å²) in [6.45, 7) is 1.81. The second-order valence-electron chi connectivity index (χ2n) is 3.99. The third kappa shape index (κ3) is 2.78. The second-order valence-corrected chi connectivity index (χ2v) is 4.40. The van der Waals surface area contributed by atoms with E-state index in [-0.39, 0.29) is 5.56 Å². The molecule has 0 aliphatic heterocycles. The summed E-state index contributed by atoms with van der Waals surface area (Å²) in [5.41, 5.74) is 6.87. The third-order valence-electron chi connectivity index (χ3n) is 2.58. The lowest BCUT2D eigenvalue weighted by Crippen LogP contribution is -1.93. The fourth-order valence-corrected chi connectivity index (χ4v) is 1.73. The van der Waals surface area contributed by atoms with Gasteiger partial charge in [0.1, 0.15) is 23.4 Å². The number of hydrogen-bond acceptors (Lipinski definition) is 3. The third-order valence-corrected chi connectivity index (χ3v) is 2.91. The average Bonchev–Trinajstić information content (AvgIpc) is 2.36. The van der Waals surface area contributed by atoms with E-state index in [1.165, 1.54) is 12.1 Å². The van der Waals surface area contributed by atoms with Crippen molar-refractivity contribution < 1.29 is 9.13 Å². The fourth-order valence-electron chi connectivity index (χ4n) is 1.57. The highest BCUT2D eigenvalue weighted by Crippen LogP contribution is 2.32. The van der Waals surface area contributed by atoms with E-state index in [0.29, 0.717) is 22.2 Å². The maximum absolute atomic E-state index is 13.4. The molecule has 0 atom stereocenters. The highest BCUT2D eigenvalue weighted by Gasteiger charge is 2.08. The molecule has 0 spiro atoms. The SMILES string of the molecule is Cc1cc(N)c(Cl)cc1Oc1ccc(C#N)c(F)c1. The number of nitriles is 1. The molecule has 0 aromatic heterocycles. The first-order valence-corrected chi connectivity index (χ1v) is 5.82. The number of ether oxygens (including phenoxy) is 1. The van der Waals surface area contributed by atoms with Gasteiger partial charge in [0.15, 0.2) is 0 Å². The lowest BCUT2D eigenvalue weighted by atomic mass is 10.2. The Morgan fingerprint density at radius 1 is 1.32 bits per heavy atom. The van der Waals surface area contributed by atoms with Gasteiger partial charge in [0.05, 0.1) is 16.3 Å². The Kier molecular flexibility index (Phi) is 3.59. The Bertz CT molecular complexity index is 680. The highest BCUT2D eigenvalue weighted by atomic mass is 35.5. The molecule has 96 valence electrons. The van der Waals surface area contributed by atoms with Crippen molar-refractivity contribution in [3.05, 3.63) is 52.3 Å². The number of nitrogen functional groups attached to an aromatic ring is 1. The zero-order valence-corrected chi connectivity index (χ0v) is 10.8. The van der Waals surface area contributed by atoms with E-state index >= 15 is 0 Å². The van der Waals surface area contributed by atoms with Crippen LogP contribution in [0.25, 0.3) is 0 Å². The molecular formula is C14H10ClFN2O. The molecule has 19 heavy (non-hydrogen) atoms. The molecule has 0 bridgehead atoms. The normalized spacial score (nSPS) is 10.0. The van der Waals surface area contributed by atoms with Crippen molar-refractivity contribution in [1.29, 1.82) is 5.26 Å². The molecule has 0 aliphatic carbocycles. The molecule has 2 N–H and O–H groups in total. The van der Waals surface area contributed by atoms with Crippen molar-refractivity contribution >= 4 is 17.3 Å². The van der Waals surface area contributed by atoms with Gasteiger partial charge in [0, 0.05) is 12.1 Å². The van der Waals surface area contributed by atoms with Gasteiger partial charge >= 0.3 is 0 Å². The molecular weight excluding hydrogens is 267 g/mol. The average molecular weight is 277 g/mol. The molecule has 0 heterocycles. The Balaban J connectivity index is 2.34. The number of nitrogens with zero attached hydrogens (tertiary/aromatic N) is 1. The van der Waals surface area contributed by atoms with Crippen LogP contribution in [-0.2, 0) is 0 Å². The highest BCUT2D eigenvalue weighted by molar-refractivity contribution is 6.33. The van der Waals surface area contributed by atoms with Crippen molar-refractivity contribution in [3.8, 4) is 17.6 Å². The van der Waals surface area contributed by atoms with E-state index in [1.54, 1.807) is 18.2 Å². The molecule has 0 amide bonds. The van der Waals surface area contributed by atoms with Crippen LogP contribution in [0.2, 0.25) is 5.02 Å². The Morgan fingerprint density at radius 2 is 2.05 bits per heavy atom. The van der Waals surface area contributed by atoms with Gasteiger partial charge in [0.25, 0.3) is 0 Å². The summed E-state index contributed by atoms with van der Waals surface area (Å²) in [5, 5.41) is 9.02. The number of aryl methyl sites for hydroxylation is 1. The van der Waals surface area contributed by atoms with Gasteiger partial charge in [-0.3, -0.25) is 0 Å². The summed E-state index contributed by atoms with van der Waals surface area (Å²) >= 11 is 5.91. The van der Waals surface area contributed by atoms with Crippen LogP contribution in [0.1, 0.15) is 11.1 Å². The van der Waals surface area contributed by atoms with Crippen LogP contribution in [0.15, 0.2) is 30.3 Å². The molecule has 2 aromatic carbocycles. The van der Waals surface area contributed by atoms with Crippen LogP contribution in [-0.4, -0.2) is 0 Å². The number of nitrogens with two attached hydrogens (primary N) is 1. The summed E-state index contributed by atoms with van der Waals surface area (Å²) in [6, 6.07) is 9.03. The monoisotopic (exact) mass is 276 g/mol. The predicted octanol–water partition coefficient (Wildman–Crippen LogP) is 4.03. The zero-order chi connectivity index (χ0) is 14.0. The largest absolute Gasteiger partial charge is 0.457 e. The number of benzene rings is 2. The van der Waals surface area contributed by atoms with E-state index in [4.69, 9.17) is 27.3 Å². The molecule has 2 aromatic rings. The van der Waals surface area contributed by atoms with E-state index in [2.05, 4.69) is 0 Å². The minimum atomic E-state index is -0.626. The number of anilines is 1.